The summed E-state index contributed by atoms with van der Waals surface area (Å²) in [5, 5.41) is -0.306. The number of carbonyl (C=O) groups is 1. The number of hydrogen-bond donors (Lipinski definition) is 1. The van der Waals surface area contributed by atoms with Gasteiger partial charge in [0.1, 0.15) is 9.71 Å². The topological polar surface area (TPSA) is 83.7 Å². The summed E-state index contributed by atoms with van der Waals surface area (Å²) in [5.74, 6) is 0.127. The fourth-order valence-corrected chi connectivity index (χ4v) is 4.97. The Morgan fingerprint density at radius 3 is 2.11 bits per heavy atom. The molecule has 0 fully saturated rings. The van der Waals surface area contributed by atoms with Crippen LogP contribution in [0, 0.1) is 0 Å². The number of fused-ring (bicyclic) bond motifs is 1. The number of anilines is 1. The molecule has 2 N–H and O–H groups in total. The second-order valence-corrected chi connectivity index (χ2v) is 9.24. The van der Waals surface area contributed by atoms with Gasteiger partial charge in [-0.05, 0) is 30.3 Å². The molecule has 0 bridgehead atoms. The molecule has 0 amide bonds. The number of halogens is 4. The predicted octanol–water partition coefficient (Wildman–Crippen LogP) is 6.58. The van der Waals surface area contributed by atoms with E-state index in [1.807, 2.05) is 0 Å². The number of aromatic nitrogens is 1. The molecule has 0 saturated carbocycles. The summed E-state index contributed by atoms with van der Waals surface area (Å²) in [7, 11) is 4.20. The molecule has 0 unspecified atom stereocenters. The summed E-state index contributed by atoms with van der Waals surface area (Å²) in [6.07, 6.45) is -4.71. The first kappa shape index (κ1) is 24.8. The number of alkyl halides is 3. The Bertz CT molecular complexity index is 1410. The van der Waals surface area contributed by atoms with Gasteiger partial charge < -0.3 is 19.9 Å². The van der Waals surface area contributed by atoms with Gasteiger partial charge in [-0.3, -0.25) is 4.79 Å². The van der Waals surface area contributed by atoms with E-state index < -0.39 is 17.5 Å². The summed E-state index contributed by atoms with van der Waals surface area (Å²) < 4.78 is 58.8. The molecule has 0 aliphatic heterocycles. The van der Waals surface area contributed by atoms with E-state index in [2.05, 4.69) is 20.9 Å². The lowest BCUT2D eigenvalue weighted by Crippen LogP contribution is -2.08. The first-order chi connectivity index (χ1) is 16.6. The Kier molecular flexibility index (Phi) is 6.65. The highest BCUT2D eigenvalue weighted by Crippen LogP contribution is 2.45. The predicted molar refractivity (Wildman–Crippen MR) is 132 cm³/mol. The summed E-state index contributed by atoms with van der Waals surface area (Å²) in [6, 6.07) is 10.5. The Hall–Kier alpha value is -3.31. The van der Waals surface area contributed by atoms with Gasteiger partial charge in [0, 0.05) is 21.0 Å². The van der Waals surface area contributed by atoms with Gasteiger partial charge in [-0.1, -0.05) is 28.1 Å². The third-order valence-corrected chi connectivity index (χ3v) is 6.90. The zero-order chi connectivity index (χ0) is 25.5. The molecule has 2 aromatic heterocycles. The number of methoxy groups -OCH3 is 3. The molecule has 11 heteroatoms. The van der Waals surface area contributed by atoms with Crippen LogP contribution in [0.5, 0.6) is 17.2 Å². The molecule has 4 aromatic rings. The van der Waals surface area contributed by atoms with E-state index >= 15 is 0 Å². The second-order valence-electron chi connectivity index (χ2n) is 7.33. The summed E-state index contributed by atoms with van der Waals surface area (Å²) >= 11 is 4.10. The van der Waals surface area contributed by atoms with Gasteiger partial charge in [0.05, 0.1) is 38.3 Å². The van der Waals surface area contributed by atoms with E-state index in [1.165, 1.54) is 33.5 Å². The lowest BCUT2D eigenvalue weighted by molar-refractivity contribution is -0.136. The van der Waals surface area contributed by atoms with E-state index in [0.29, 0.717) is 5.56 Å². The smallest absolute Gasteiger partial charge is 0.417 e. The quantitative estimate of drug-likeness (QED) is 0.265. The number of thiophene rings is 1. The molecule has 0 saturated heterocycles. The summed E-state index contributed by atoms with van der Waals surface area (Å²) in [4.78, 5) is 17.7. The Balaban J connectivity index is 1.92. The molecule has 35 heavy (non-hydrogen) atoms. The fourth-order valence-electron chi connectivity index (χ4n) is 3.63. The first-order valence-electron chi connectivity index (χ1n) is 9.99. The minimum Gasteiger partial charge on any atom is -0.493 e. The third kappa shape index (κ3) is 4.53. The van der Waals surface area contributed by atoms with Crippen LogP contribution in [0.2, 0.25) is 0 Å². The minimum atomic E-state index is -4.71. The third-order valence-electron chi connectivity index (χ3n) is 5.28. The average molecular weight is 567 g/mol. The molecule has 0 atom stereocenters. The van der Waals surface area contributed by atoms with Gasteiger partial charge >= 0.3 is 6.18 Å². The van der Waals surface area contributed by atoms with Crippen LogP contribution < -0.4 is 19.9 Å². The molecule has 0 radical (unpaired) electrons. The number of pyridine rings is 1. The molecule has 2 heterocycles. The van der Waals surface area contributed by atoms with Crippen LogP contribution in [-0.4, -0.2) is 32.1 Å². The zero-order valence-electron chi connectivity index (χ0n) is 18.6. The van der Waals surface area contributed by atoms with Crippen molar-refractivity contribution in [1.82, 2.24) is 4.98 Å². The van der Waals surface area contributed by atoms with Crippen molar-refractivity contribution in [3.8, 4) is 28.5 Å². The van der Waals surface area contributed by atoms with Crippen molar-refractivity contribution in [3.05, 3.63) is 62.9 Å². The number of ether oxygens (including phenoxy) is 3. The standard InChI is InChI=1S/C24H18BrF3N2O4S/c1-32-16-8-12(9-17(33-2)21(16)34-3)20(31)22-19(29)18-14(24(26,27)28)10-15(30-23(18)35-22)11-4-6-13(25)7-5-11/h4-10H,29H2,1-3H3. The van der Waals surface area contributed by atoms with Gasteiger partial charge in [-0.15, -0.1) is 11.3 Å². The largest absolute Gasteiger partial charge is 0.493 e. The van der Waals surface area contributed by atoms with Crippen molar-refractivity contribution in [2.45, 2.75) is 6.18 Å². The average Bonchev–Trinajstić information content (AvgIpc) is 3.17. The molecule has 0 spiro atoms. The Morgan fingerprint density at radius 1 is 1.00 bits per heavy atom. The number of ketones is 1. The van der Waals surface area contributed by atoms with Crippen LogP contribution in [0.15, 0.2) is 46.9 Å². The van der Waals surface area contributed by atoms with Crippen molar-refractivity contribution in [3.63, 3.8) is 0 Å². The van der Waals surface area contributed by atoms with E-state index in [0.717, 1.165) is 21.9 Å². The Morgan fingerprint density at radius 2 is 1.60 bits per heavy atom. The summed E-state index contributed by atoms with van der Waals surface area (Å²) in [5.41, 5.74) is 5.61. The lowest BCUT2D eigenvalue weighted by Gasteiger charge is -2.13. The monoisotopic (exact) mass is 566 g/mol. The molecular weight excluding hydrogens is 549 g/mol. The van der Waals surface area contributed by atoms with Gasteiger partial charge in [0.25, 0.3) is 0 Å². The second kappa shape index (κ2) is 9.38. The number of rotatable bonds is 6. The number of hydrogen-bond acceptors (Lipinski definition) is 7. The molecular formula is C24H18BrF3N2O4S. The lowest BCUT2D eigenvalue weighted by atomic mass is 10.0. The van der Waals surface area contributed by atoms with E-state index in [4.69, 9.17) is 19.9 Å². The fraction of sp³-hybridized carbons (Fsp3) is 0.167. The van der Waals surface area contributed by atoms with E-state index in [-0.39, 0.29) is 49.3 Å². The van der Waals surface area contributed by atoms with Crippen molar-refractivity contribution in [2.75, 3.05) is 27.1 Å². The number of nitrogen functional groups attached to an aromatic ring is 1. The number of benzene rings is 2. The molecule has 0 aliphatic rings. The number of nitrogens with two attached hydrogens (primary N) is 1. The normalized spacial score (nSPS) is 11.5. The van der Waals surface area contributed by atoms with E-state index in [9.17, 15) is 18.0 Å². The highest BCUT2D eigenvalue weighted by atomic mass is 79.9. The van der Waals surface area contributed by atoms with Crippen LogP contribution >= 0.6 is 27.3 Å². The van der Waals surface area contributed by atoms with Crippen molar-refractivity contribution in [2.24, 2.45) is 0 Å². The van der Waals surface area contributed by atoms with Crippen molar-refractivity contribution >= 4 is 49.0 Å². The van der Waals surface area contributed by atoms with Crippen LogP contribution in [0.25, 0.3) is 21.5 Å². The maximum atomic E-state index is 14.1. The van der Waals surface area contributed by atoms with Crippen LogP contribution in [0.1, 0.15) is 20.8 Å². The van der Waals surface area contributed by atoms with Crippen molar-refractivity contribution < 1.29 is 32.2 Å². The number of carbonyl (C=O) groups excluding carboxylic acids is 1. The van der Waals surface area contributed by atoms with Gasteiger partial charge in [-0.2, -0.15) is 13.2 Å². The minimum absolute atomic E-state index is 0.00559. The van der Waals surface area contributed by atoms with Crippen LogP contribution in [0.3, 0.4) is 0 Å². The Labute approximate surface area is 210 Å². The zero-order valence-corrected chi connectivity index (χ0v) is 21.0. The first-order valence-corrected chi connectivity index (χ1v) is 11.6. The highest BCUT2D eigenvalue weighted by molar-refractivity contribution is 9.10. The van der Waals surface area contributed by atoms with Crippen molar-refractivity contribution in [1.29, 1.82) is 0 Å². The van der Waals surface area contributed by atoms with E-state index in [1.54, 1.807) is 24.3 Å². The number of nitrogens with zero attached hydrogens (tertiary/aromatic N) is 1. The SMILES string of the molecule is COc1cc(C(=O)c2sc3nc(-c4ccc(Br)cc4)cc(C(F)(F)F)c3c2N)cc(OC)c1OC. The van der Waals surface area contributed by atoms with Gasteiger partial charge in [0.2, 0.25) is 11.5 Å². The van der Waals surface area contributed by atoms with Crippen LogP contribution in [-0.2, 0) is 6.18 Å². The van der Waals surface area contributed by atoms with Gasteiger partial charge in [-0.25, -0.2) is 4.98 Å². The molecule has 0 aliphatic carbocycles. The maximum absolute atomic E-state index is 14.1. The maximum Gasteiger partial charge on any atom is 0.417 e. The molecule has 4 rings (SSSR count). The molecule has 182 valence electrons. The van der Waals surface area contributed by atoms with Crippen LogP contribution in [0.4, 0.5) is 18.9 Å². The summed E-state index contributed by atoms with van der Waals surface area (Å²) in [6.45, 7) is 0. The highest BCUT2D eigenvalue weighted by Gasteiger charge is 2.36. The molecule has 6 nitrogen and oxygen atoms in total. The molecule has 2 aromatic carbocycles. The van der Waals surface area contributed by atoms with Gasteiger partial charge in [0.15, 0.2) is 11.5 Å².